The van der Waals surface area contributed by atoms with Crippen molar-refractivity contribution in [3.05, 3.63) is 59.7 Å². The van der Waals surface area contributed by atoms with Gasteiger partial charge in [0.05, 0.1) is 6.10 Å². The molecule has 0 aromatic heterocycles. The number of hydrogen-bond donors (Lipinski definition) is 4. The molecule has 1 aliphatic rings. The van der Waals surface area contributed by atoms with Gasteiger partial charge in [-0.05, 0) is 56.3 Å². The van der Waals surface area contributed by atoms with E-state index < -0.39 is 24.0 Å². The van der Waals surface area contributed by atoms with Crippen molar-refractivity contribution in [1.29, 1.82) is 0 Å². The van der Waals surface area contributed by atoms with Crippen LogP contribution >= 0.6 is 0 Å². The van der Waals surface area contributed by atoms with Gasteiger partial charge in [0.2, 0.25) is 0 Å². The molecule has 0 saturated carbocycles. The average Bonchev–Trinajstić information content (AvgIpc) is 3.26. The molecule has 1 fully saturated rings. The zero-order valence-electron chi connectivity index (χ0n) is 18.8. The second-order valence-electron chi connectivity index (χ2n) is 8.58. The van der Waals surface area contributed by atoms with Crippen molar-refractivity contribution < 1.29 is 19.9 Å². The summed E-state index contributed by atoms with van der Waals surface area (Å²) in [7, 11) is 4.27. The molecule has 0 bridgehead atoms. The maximum absolute atomic E-state index is 12.4. The van der Waals surface area contributed by atoms with Crippen molar-refractivity contribution >= 4 is 11.8 Å². The Morgan fingerprint density at radius 1 is 1.09 bits per heavy atom. The van der Waals surface area contributed by atoms with E-state index in [9.17, 15) is 14.7 Å². The van der Waals surface area contributed by atoms with Crippen LogP contribution in [0.5, 0.6) is 0 Å². The van der Waals surface area contributed by atoms with E-state index in [0.717, 1.165) is 30.8 Å². The standard InChI is InChI=1S/C24H32N4O4/c1-16(29)22(24(31)26-32)25-23(30)20-10-8-19(9-11-20)18-6-4-17(5-7-18)14-28-13-12-21(15-28)27(2)3/h4-11,16,21-22,29,32H,12-15H2,1-3H3,(H,25,30)(H,26,31)/t16-,21+,22+/m1/s1. The fraction of sp³-hybridized carbons (Fsp3) is 0.417. The predicted octanol–water partition coefficient (Wildman–Crippen LogP) is 1.47. The van der Waals surface area contributed by atoms with E-state index >= 15 is 0 Å². The van der Waals surface area contributed by atoms with Gasteiger partial charge in [0.15, 0.2) is 0 Å². The molecular weight excluding hydrogens is 408 g/mol. The lowest BCUT2D eigenvalue weighted by Crippen LogP contribution is -2.51. The lowest BCUT2D eigenvalue weighted by atomic mass is 10.0. The van der Waals surface area contributed by atoms with Gasteiger partial charge < -0.3 is 15.3 Å². The monoisotopic (exact) mass is 440 g/mol. The Hall–Kier alpha value is -2.78. The minimum absolute atomic E-state index is 0.353. The second kappa shape index (κ2) is 10.7. The van der Waals surface area contributed by atoms with E-state index in [0.29, 0.717) is 11.6 Å². The molecular formula is C24H32N4O4. The number of likely N-dealkylation sites (N-methyl/N-ethyl adjacent to an activating group) is 1. The number of carbonyl (C=O) groups excluding carboxylic acids is 2. The van der Waals surface area contributed by atoms with Crippen molar-refractivity contribution in [2.24, 2.45) is 0 Å². The number of amides is 2. The molecule has 2 aromatic carbocycles. The van der Waals surface area contributed by atoms with Crippen LogP contribution in [-0.2, 0) is 11.3 Å². The predicted molar refractivity (Wildman–Crippen MR) is 122 cm³/mol. The first kappa shape index (κ1) is 23.9. The summed E-state index contributed by atoms with van der Waals surface area (Å²) in [5, 5.41) is 20.9. The van der Waals surface area contributed by atoms with Crippen LogP contribution in [0.2, 0.25) is 0 Å². The normalized spacial score (nSPS) is 18.4. The van der Waals surface area contributed by atoms with Gasteiger partial charge in [-0.25, -0.2) is 5.48 Å². The minimum atomic E-state index is -1.25. The van der Waals surface area contributed by atoms with Gasteiger partial charge in [-0.1, -0.05) is 36.4 Å². The molecule has 1 saturated heterocycles. The van der Waals surface area contributed by atoms with Gasteiger partial charge in [0, 0.05) is 31.2 Å². The Labute approximate surface area is 188 Å². The van der Waals surface area contributed by atoms with Gasteiger partial charge in [-0.15, -0.1) is 0 Å². The van der Waals surface area contributed by atoms with Crippen LogP contribution in [0.3, 0.4) is 0 Å². The maximum atomic E-state index is 12.4. The third-order valence-electron chi connectivity index (χ3n) is 5.98. The zero-order valence-corrected chi connectivity index (χ0v) is 18.8. The largest absolute Gasteiger partial charge is 0.391 e. The van der Waals surface area contributed by atoms with Crippen molar-refractivity contribution in [1.82, 2.24) is 20.6 Å². The van der Waals surface area contributed by atoms with Gasteiger partial charge in [-0.3, -0.25) is 19.7 Å². The molecule has 2 amide bonds. The van der Waals surface area contributed by atoms with Crippen molar-refractivity contribution in [2.75, 3.05) is 27.2 Å². The maximum Gasteiger partial charge on any atom is 0.268 e. The Bertz CT molecular complexity index is 913. The van der Waals surface area contributed by atoms with E-state index in [4.69, 9.17) is 5.21 Å². The highest BCUT2D eigenvalue weighted by Crippen LogP contribution is 2.22. The molecule has 32 heavy (non-hydrogen) atoms. The number of benzene rings is 2. The molecule has 1 aliphatic heterocycles. The highest BCUT2D eigenvalue weighted by Gasteiger charge is 2.26. The second-order valence-corrected chi connectivity index (χ2v) is 8.58. The quantitative estimate of drug-likeness (QED) is 0.366. The fourth-order valence-electron chi connectivity index (χ4n) is 3.95. The van der Waals surface area contributed by atoms with E-state index in [2.05, 4.69) is 53.5 Å². The highest BCUT2D eigenvalue weighted by atomic mass is 16.5. The van der Waals surface area contributed by atoms with Crippen LogP contribution in [-0.4, -0.2) is 77.3 Å². The Kier molecular flexibility index (Phi) is 7.98. The average molecular weight is 441 g/mol. The molecule has 3 rings (SSSR count). The van der Waals surface area contributed by atoms with E-state index in [1.165, 1.54) is 24.4 Å². The topological polar surface area (TPSA) is 105 Å². The summed E-state index contributed by atoms with van der Waals surface area (Å²) in [6, 6.07) is 14.8. The lowest BCUT2D eigenvalue weighted by Gasteiger charge is -2.20. The number of nitrogens with zero attached hydrogens (tertiary/aromatic N) is 2. The first-order valence-electron chi connectivity index (χ1n) is 10.8. The Morgan fingerprint density at radius 3 is 2.19 bits per heavy atom. The van der Waals surface area contributed by atoms with E-state index in [-0.39, 0.29) is 0 Å². The van der Waals surface area contributed by atoms with Crippen LogP contribution in [0.25, 0.3) is 11.1 Å². The van der Waals surface area contributed by atoms with Crippen LogP contribution in [0.4, 0.5) is 0 Å². The smallest absolute Gasteiger partial charge is 0.268 e. The lowest BCUT2D eigenvalue weighted by molar-refractivity contribution is -0.133. The minimum Gasteiger partial charge on any atom is -0.391 e. The number of carbonyl (C=O) groups is 2. The molecule has 0 aliphatic carbocycles. The molecule has 172 valence electrons. The molecule has 0 spiro atoms. The third-order valence-corrected chi connectivity index (χ3v) is 5.98. The summed E-state index contributed by atoms with van der Waals surface area (Å²) in [6.45, 7) is 4.50. The van der Waals surface area contributed by atoms with Crippen LogP contribution in [0.1, 0.15) is 29.3 Å². The van der Waals surface area contributed by atoms with Gasteiger partial charge in [0.1, 0.15) is 6.04 Å². The molecule has 8 nitrogen and oxygen atoms in total. The summed E-state index contributed by atoms with van der Waals surface area (Å²) in [5.74, 6) is -1.39. The molecule has 4 N–H and O–H groups in total. The number of hydrogen-bond acceptors (Lipinski definition) is 6. The molecule has 1 heterocycles. The highest BCUT2D eigenvalue weighted by molar-refractivity contribution is 5.97. The number of aliphatic hydroxyl groups excluding tert-OH is 1. The van der Waals surface area contributed by atoms with Crippen molar-refractivity contribution in [3.8, 4) is 11.1 Å². The summed E-state index contributed by atoms with van der Waals surface area (Å²) in [5.41, 5.74) is 5.10. The number of nitrogens with one attached hydrogen (secondary N) is 2. The van der Waals surface area contributed by atoms with Crippen LogP contribution in [0, 0.1) is 0 Å². The Balaban J connectivity index is 1.61. The van der Waals surface area contributed by atoms with E-state index in [1.807, 2.05) is 12.1 Å². The number of hydroxylamine groups is 1. The SMILES string of the molecule is C[C@@H](O)[C@H](NC(=O)c1ccc(-c2ccc(CN3CC[C@H](N(C)C)C3)cc2)cc1)C(=O)NO. The number of rotatable bonds is 8. The van der Waals surface area contributed by atoms with Gasteiger partial charge >= 0.3 is 0 Å². The molecule has 2 aromatic rings. The third kappa shape index (κ3) is 5.92. The van der Waals surface area contributed by atoms with Gasteiger partial charge in [0.25, 0.3) is 11.8 Å². The first-order valence-corrected chi connectivity index (χ1v) is 10.8. The molecule has 8 heteroatoms. The summed E-state index contributed by atoms with van der Waals surface area (Å²) in [4.78, 5) is 28.8. The summed E-state index contributed by atoms with van der Waals surface area (Å²) in [6.07, 6.45) is 0.0476. The summed E-state index contributed by atoms with van der Waals surface area (Å²) >= 11 is 0. The number of likely N-dealkylation sites (tertiary alicyclic amines) is 1. The van der Waals surface area contributed by atoms with Crippen molar-refractivity contribution in [2.45, 2.75) is 38.1 Å². The van der Waals surface area contributed by atoms with Crippen molar-refractivity contribution in [3.63, 3.8) is 0 Å². The Morgan fingerprint density at radius 2 is 1.69 bits per heavy atom. The first-order chi connectivity index (χ1) is 15.3. The van der Waals surface area contributed by atoms with E-state index in [1.54, 1.807) is 12.1 Å². The van der Waals surface area contributed by atoms with Crippen LogP contribution < -0.4 is 10.8 Å². The molecule has 0 unspecified atom stereocenters. The molecule has 3 atom stereocenters. The zero-order chi connectivity index (χ0) is 23.3. The fourth-order valence-corrected chi connectivity index (χ4v) is 3.95. The summed E-state index contributed by atoms with van der Waals surface area (Å²) < 4.78 is 0. The van der Waals surface area contributed by atoms with Crippen LogP contribution in [0.15, 0.2) is 48.5 Å². The molecule has 0 radical (unpaired) electrons. The van der Waals surface area contributed by atoms with Gasteiger partial charge in [-0.2, -0.15) is 0 Å². The number of aliphatic hydroxyl groups is 1.